The molecule has 192 valence electrons. The second kappa shape index (κ2) is 10.7. The van der Waals surface area contributed by atoms with Gasteiger partial charge in [-0.15, -0.1) is 0 Å². The highest BCUT2D eigenvalue weighted by Gasteiger charge is 2.23. The van der Waals surface area contributed by atoms with E-state index in [1.54, 1.807) is 46.3 Å². The monoisotopic (exact) mass is 543 g/mol. The maximum atomic E-state index is 13.3. The molecule has 0 aliphatic carbocycles. The van der Waals surface area contributed by atoms with Crippen LogP contribution in [0, 0.1) is 0 Å². The minimum Gasteiger partial charge on any atom is -0.292 e. The average Bonchev–Trinajstić information content (AvgIpc) is 3.43. The van der Waals surface area contributed by atoms with Crippen molar-refractivity contribution in [1.82, 2.24) is 14.3 Å². The number of carbonyl (C=O) groups is 1. The molecule has 0 aliphatic rings. The summed E-state index contributed by atoms with van der Waals surface area (Å²) in [6.45, 7) is 2.41. The number of sulfonamides is 1. The number of nitrogens with one attached hydrogen (secondary N) is 1. The lowest BCUT2D eigenvalue weighted by molar-refractivity contribution is 0.0981. The van der Waals surface area contributed by atoms with Gasteiger partial charge in [-0.3, -0.25) is 14.2 Å². The van der Waals surface area contributed by atoms with E-state index in [2.05, 4.69) is 11.6 Å². The third-order valence-electron chi connectivity index (χ3n) is 6.20. The summed E-state index contributed by atoms with van der Waals surface area (Å²) in [5.74, 6) is 0.0519. The molecule has 0 saturated carbocycles. The van der Waals surface area contributed by atoms with Crippen LogP contribution in [-0.2, 0) is 23.0 Å². The fourth-order valence-electron chi connectivity index (χ4n) is 4.29. The van der Waals surface area contributed by atoms with Gasteiger partial charge in [0.25, 0.3) is 21.5 Å². The Balaban J connectivity index is 1.42. The molecule has 1 N–H and O–H groups in total. The first kappa shape index (κ1) is 25.6. The first-order chi connectivity index (χ1) is 18.4. The molecule has 2 aromatic heterocycles. The average molecular weight is 544 g/mol. The van der Waals surface area contributed by atoms with Crippen LogP contribution in [0.1, 0.15) is 35.1 Å². The minimum atomic E-state index is -4.08. The summed E-state index contributed by atoms with van der Waals surface area (Å²) < 4.78 is 30.0. The predicted molar refractivity (Wildman–Crippen MR) is 150 cm³/mol. The molecule has 0 aliphatic heterocycles. The molecule has 1 amide bonds. The summed E-state index contributed by atoms with van der Waals surface area (Å²) in [6, 6.07) is 23.0. The van der Waals surface area contributed by atoms with E-state index >= 15 is 0 Å². The Morgan fingerprint density at radius 2 is 1.66 bits per heavy atom. The summed E-state index contributed by atoms with van der Waals surface area (Å²) in [4.78, 5) is 30.5. The number of para-hydroxylation sites is 1. The Morgan fingerprint density at radius 1 is 0.947 bits per heavy atom. The van der Waals surface area contributed by atoms with Gasteiger partial charge in [0.05, 0.1) is 17.4 Å². The molecule has 2 heterocycles. The van der Waals surface area contributed by atoms with Crippen LogP contribution in [0.5, 0.6) is 0 Å². The lowest BCUT2D eigenvalue weighted by atomic mass is 10.1. The van der Waals surface area contributed by atoms with Crippen LogP contribution in [0.25, 0.3) is 22.0 Å². The molecule has 9 heteroatoms. The highest BCUT2D eigenvalue weighted by atomic mass is 32.2. The molecule has 0 fully saturated rings. The molecular weight excluding hydrogens is 518 g/mol. The quantitative estimate of drug-likeness (QED) is 0.289. The fraction of sp³-hybridized carbons (Fsp3) is 0.138. The zero-order valence-electron chi connectivity index (χ0n) is 20.6. The third-order valence-corrected chi connectivity index (χ3v) is 8.46. The van der Waals surface area contributed by atoms with Crippen molar-refractivity contribution in [2.24, 2.45) is 0 Å². The maximum absolute atomic E-state index is 13.3. The third kappa shape index (κ3) is 5.16. The Morgan fingerprint density at radius 3 is 2.39 bits per heavy atom. The van der Waals surface area contributed by atoms with Crippen molar-refractivity contribution in [3.63, 3.8) is 0 Å². The Hall–Kier alpha value is -4.08. The fourth-order valence-corrected chi connectivity index (χ4v) is 6.70. The molecule has 38 heavy (non-hydrogen) atoms. The van der Waals surface area contributed by atoms with Gasteiger partial charge in [-0.1, -0.05) is 61.5 Å². The number of fused-ring (bicyclic) bond motifs is 1. The van der Waals surface area contributed by atoms with Crippen molar-refractivity contribution < 1.29 is 13.2 Å². The first-order valence-corrected chi connectivity index (χ1v) is 14.6. The number of benzene rings is 3. The lowest BCUT2D eigenvalue weighted by Crippen LogP contribution is -2.30. The molecule has 0 bridgehead atoms. The molecular formula is C29H25N3O4S2. The number of carbonyl (C=O) groups excluding carboxylic acids is 1. The molecule has 0 radical (unpaired) electrons. The van der Waals surface area contributed by atoms with E-state index in [1.807, 2.05) is 42.5 Å². The van der Waals surface area contributed by atoms with Gasteiger partial charge in [-0.2, -0.15) is 11.3 Å². The normalized spacial score (nSPS) is 11.5. The molecule has 7 nitrogen and oxygen atoms in total. The van der Waals surface area contributed by atoms with E-state index < -0.39 is 15.9 Å². The van der Waals surface area contributed by atoms with Crippen LogP contribution in [0.15, 0.2) is 99.3 Å². The van der Waals surface area contributed by atoms with Crippen molar-refractivity contribution >= 4 is 38.2 Å². The molecule has 0 atom stereocenters. The smallest absolute Gasteiger partial charge is 0.265 e. The van der Waals surface area contributed by atoms with E-state index in [1.165, 1.54) is 16.7 Å². The van der Waals surface area contributed by atoms with E-state index in [4.69, 9.17) is 4.98 Å². The number of thiophene rings is 1. The first-order valence-electron chi connectivity index (χ1n) is 12.1. The molecule has 3 aromatic carbocycles. The van der Waals surface area contributed by atoms with Crippen molar-refractivity contribution in [1.29, 1.82) is 0 Å². The SMILES string of the molecule is CCCc1nc2ccccc2c(=O)n1Cc1ccc(-c2cscc2S(=O)(=O)NC(=O)c2ccccc2)cc1. The van der Waals surface area contributed by atoms with Gasteiger partial charge in [-0.25, -0.2) is 18.1 Å². The lowest BCUT2D eigenvalue weighted by Gasteiger charge is -2.14. The van der Waals surface area contributed by atoms with Crippen LogP contribution in [0.4, 0.5) is 0 Å². The van der Waals surface area contributed by atoms with Crippen LogP contribution in [0.2, 0.25) is 0 Å². The number of aromatic nitrogens is 2. The van der Waals surface area contributed by atoms with Gasteiger partial charge in [0, 0.05) is 22.9 Å². The number of hydrogen-bond acceptors (Lipinski definition) is 6. The van der Waals surface area contributed by atoms with Gasteiger partial charge in [0.15, 0.2) is 0 Å². The standard InChI is InChI=1S/C29H25N3O4S2/c1-2-8-27-30-25-12-7-6-11-23(25)29(34)32(27)17-20-13-15-21(16-14-20)24-18-37-19-26(24)38(35,36)31-28(33)22-9-4-3-5-10-22/h3-7,9-16,18-19H,2,8,17H2,1H3,(H,31,33). The number of nitrogens with zero attached hydrogens (tertiary/aromatic N) is 2. The number of aryl methyl sites for hydroxylation is 1. The highest BCUT2D eigenvalue weighted by molar-refractivity contribution is 7.90. The van der Waals surface area contributed by atoms with Crippen LogP contribution >= 0.6 is 11.3 Å². The molecule has 5 rings (SSSR count). The number of hydrogen-bond donors (Lipinski definition) is 1. The zero-order chi connectivity index (χ0) is 26.7. The molecule has 0 spiro atoms. The topological polar surface area (TPSA) is 98.1 Å². The van der Waals surface area contributed by atoms with Gasteiger partial charge >= 0.3 is 0 Å². The van der Waals surface area contributed by atoms with E-state index in [0.29, 0.717) is 35.0 Å². The highest BCUT2D eigenvalue weighted by Crippen LogP contribution is 2.31. The van der Waals surface area contributed by atoms with Crippen molar-refractivity contribution in [3.05, 3.63) is 117 Å². The molecule has 5 aromatic rings. The summed E-state index contributed by atoms with van der Waals surface area (Å²) in [5, 5.41) is 3.84. The summed E-state index contributed by atoms with van der Waals surface area (Å²) >= 11 is 1.24. The zero-order valence-corrected chi connectivity index (χ0v) is 22.3. The van der Waals surface area contributed by atoms with Crippen LogP contribution < -0.4 is 10.3 Å². The van der Waals surface area contributed by atoms with Crippen LogP contribution in [-0.4, -0.2) is 23.9 Å². The Labute approximate surface area is 224 Å². The van der Waals surface area contributed by atoms with E-state index in [-0.39, 0.29) is 16.0 Å². The number of amides is 1. The van der Waals surface area contributed by atoms with Gasteiger partial charge in [-0.05, 0) is 47.2 Å². The minimum absolute atomic E-state index is 0.0414. The second-order valence-electron chi connectivity index (χ2n) is 8.83. The number of rotatable bonds is 8. The Bertz CT molecular complexity index is 1770. The summed E-state index contributed by atoms with van der Waals surface area (Å²) in [6.07, 6.45) is 1.54. The van der Waals surface area contributed by atoms with E-state index in [9.17, 15) is 18.0 Å². The summed E-state index contributed by atoms with van der Waals surface area (Å²) in [5.41, 5.74) is 2.97. The second-order valence-corrected chi connectivity index (χ2v) is 11.2. The van der Waals surface area contributed by atoms with Crippen molar-refractivity contribution in [3.8, 4) is 11.1 Å². The van der Waals surface area contributed by atoms with Crippen LogP contribution in [0.3, 0.4) is 0 Å². The van der Waals surface area contributed by atoms with Gasteiger partial charge in [0.1, 0.15) is 10.7 Å². The van der Waals surface area contributed by atoms with Crippen molar-refractivity contribution in [2.75, 3.05) is 0 Å². The predicted octanol–water partition coefficient (Wildman–Crippen LogP) is 5.24. The van der Waals surface area contributed by atoms with E-state index in [0.717, 1.165) is 17.8 Å². The van der Waals surface area contributed by atoms with Crippen molar-refractivity contribution in [2.45, 2.75) is 31.2 Å². The maximum Gasteiger partial charge on any atom is 0.265 e. The Kier molecular flexibility index (Phi) is 7.22. The largest absolute Gasteiger partial charge is 0.292 e. The van der Waals surface area contributed by atoms with Gasteiger partial charge < -0.3 is 0 Å². The summed E-state index contributed by atoms with van der Waals surface area (Å²) in [7, 11) is -4.08. The van der Waals surface area contributed by atoms with Gasteiger partial charge in [0.2, 0.25) is 0 Å². The molecule has 0 unspecified atom stereocenters. The molecule has 0 saturated heterocycles.